The fraction of sp³-hybridized carbons (Fsp3) is 0.0714. The first-order valence-electron chi connectivity index (χ1n) is 5.45. The number of carbonyl (C=O) groups is 1. The highest BCUT2D eigenvalue weighted by Crippen LogP contribution is 2.20. The van der Waals surface area contributed by atoms with Crippen molar-refractivity contribution < 1.29 is 18.0 Å². The highest BCUT2D eigenvalue weighted by atomic mass is 19.1. The predicted octanol–water partition coefficient (Wildman–Crippen LogP) is 3.23. The fourth-order valence-corrected chi connectivity index (χ4v) is 1.72. The number of rotatable bonds is 2. The number of nitrogen functional groups attached to an aromatic ring is 1. The minimum Gasteiger partial charge on any atom is -0.399 e. The first kappa shape index (κ1) is 13.1. The van der Waals surface area contributed by atoms with Crippen LogP contribution < -0.4 is 5.73 Å². The summed E-state index contributed by atoms with van der Waals surface area (Å²) in [5.41, 5.74) is 4.96. The molecule has 0 bridgehead atoms. The molecule has 0 radical (unpaired) electrons. The van der Waals surface area contributed by atoms with Crippen molar-refractivity contribution in [3.05, 3.63) is 64.5 Å². The number of benzene rings is 2. The normalized spacial score (nSPS) is 10.5. The Labute approximate surface area is 107 Å². The van der Waals surface area contributed by atoms with Crippen molar-refractivity contribution in [2.75, 3.05) is 5.73 Å². The average molecular weight is 265 g/mol. The second-order valence-corrected chi connectivity index (χ2v) is 4.18. The van der Waals surface area contributed by atoms with Crippen molar-refractivity contribution >= 4 is 11.5 Å². The van der Waals surface area contributed by atoms with Crippen LogP contribution in [-0.2, 0) is 0 Å². The molecule has 0 aliphatic heterocycles. The van der Waals surface area contributed by atoms with E-state index in [2.05, 4.69) is 0 Å². The maximum absolute atomic E-state index is 13.7. The summed E-state index contributed by atoms with van der Waals surface area (Å²) < 4.78 is 40.2. The quantitative estimate of drug-likeness (QED) is 0.669. The van der Waals surface area contributed by atoms with Gasteiger partial charge in [0.05, 0.1) is 5.56 Å². The lowest BCUT2D eigenvalue weighted by Crippen LogP contribution is -2.07. The number of nitrogens with two attached hydrogens (primary N) is 1. The Hall–Kier alpha value is -2.30. The zero-order valence-corrected chi connectivity index (χ0v) is 10.0. The molecule has 0 aromatic heterocycles. The number of ketones is 1. The fourth-order valence-electron chi connectivity index (χ4n) is 1.72. The SMILES string of the molecule is Cc1cc(F)c(C(=O)c2cc(N)cc(F)c2)cc1F. The lowest BCUT2D eigenvalue weighted by molar-refractivity contribution is 0.103. The predicted molar refractivity (Wildman–Crippen MR) is 65.3 cm³/mol. The van der Waals surface area contributed by atoms with Crippen LogP contribution in [-0.4, -0.2) is 5.78 Å². The van der Waals surface area contributed by atoms with E-state index in [1.165, 1.54) is 13.0 Å². The number of aryl methyl sites for hydroxylation is 1. The third-order valence-electron chi connectivity index (χ3n) is 2.68. The van der Waals surface area contributed by atoms with E-state index < -0.39 is 28.8 Å². The van der Waals surface area contributed by atoms with Crippen molar-refractivity contribution in [2.45, 2.75) is 6.92 Å². The van der Waals surface area contributed by atoms with E-state index in [0.29, 0.717) is 0 Å². The first-order chi connectivity index (χ1) is 8.88. The lowest BCUT2D eigenvalue weighted by atomic mass is 10.0. The summed E-state index contributed by atoms with van der Waals surface area (Å²) in [7, 11) is 0. The zero-order valence-electron chi connectivity index (χ0n) is 10.0. The van der Waals surface area contributed by atoms with Gasteiger partial charge in [-0.1, -0.05) is 0 Å². The number of anilines is 1. The average Bonchev–Trinajstić information content (AvgIpc) is 2.31. The number of hydrogen-bond donors (Lipinski definition) is 1. The van der Waals surface area contributed by atoms with Crippen LogP contribution >= 0.6 is 0 Å². The van der Waals surface area contributed by atoms with Crippen LogP contribution in [0.5, 0.6) is 0 Å². The van der Waals surface area contributed by atoms with E-state index >= 15 is 0 Å². The monoisotopic (exact) mass is 265 g/mol. The second kappa shape index (κ2) is 4.76. The summed E-state index contributed by atoms with van der Waals surface area (Å²) in [5.74, 6) is -3.08. The van der Waals surface area contributed by atoms with Crippen LogP contribution in [0, 0.1) is 24.4 Å². The summed E-state index contributed by atoms with van der Waals surface area (Å²) in [6.45, 7) is 1.38. The van der Waals surface area contributed by atoms with Crippen LogP contribution in [0.1, 0.15) is 21.5 Å². The van der Waals surface area contributed by atoms with Crippen LogP contribution in [0.25, 0.3) is 0 Å². The Balaban J connectivity index is 2.53. The molecule has 0 aliphatic carbocycles. The molecule has 0 spiro atoms. The third-order valence-corrected chi connectivity index (χ3v) is 2.68. The topological polar surface area (TPSA) is 43.1 Å². The Kier molecular flexibility index (Phi) is 3.29. The van der Waals surface area contributed by atoms with Gasteiger partial charge in [0.1, 0.15) is 17.5 Å². The molecule has 19 heavy (non-hydrogen) atoms. The van der Waals surface area contributed by atoms with Crippen LogP contribution in [0.3, 0.4) is 0 Å². The van der Waals surface area contributed by atoms with Crippen molar-refractivity contribution in [3.63, 3.8) is 0 Å². The summed E-state index contributed by atoms with van der Waals surface area (Å²) in [6.07, 6.45) is 0. The molecular weight excluding hydrogens is 255 g/mol. The molecule has 0 heterocycles. The smallest absolute Gasteiger partial charge is 0.196 e. The minimum atomic E-state index is -0.855. The first-order valence-corrected chi connectivity index (χ1v) is 5.45. The second-order valence-electron chi connectivity index (χ2n) is 4.18. The summed E-state index contributed by atoms with van der Waals surface area (Å²) >= 11 is 0. The number of hydrogen-bond acceptors (Lipinski definition) is 2. The summed E-state index contributed by atoms with van der Waals surface area (Å²) in [4.78, 5) is 12.0. The lowest BCUT2D eigenvalue weighted by Gasteiger charge is -2.06. The van der Waals surface area contributed by atoms with Gasteiger partial charge in [0.25, 0.3) is 0 Å². The molecule has 2 aromatic carbocycles. The van der Waals surface area contributed by atoms with Gasteiger partial charge in [0.15, 0.2) is 5.78 Å². The van der Waals surface area contributed by atoms with E-state index in [1.807, 2.05) is 0 Å². The number of halogens is 3. The summed E-state index contributed by atoms with van der Waals surface area (Å²) in [5, 5.41) is 0. The van der Waals surface area contributed by atoms with Gasteiger partial charge < -0.3 is 5.73 Å². The van der Waals surface area contributed by atoms with Crippen molar-refractivity contribution in [1.29, 1.82) is 0 Å². The van der Waals surface area contributed by atoms with Gasteiger partial charge in [-0.2, -0.15) is 0 Å². The Morgan fingerprint density at radius 2 is 1.68 bits per heavy atom. The molecule has 0 saturated heterocycles. The maximum atomic E-state index is 13.7. The highest BCUT2D eigenvalue weighted by Gasteiger charge is 2.17. The van der Waals surface area contributed by atoms with Crippen molar-refractivity contribution in [3.8, 4) is 0 Å². The van der Waals surface area contributed by atoms with Gasteiger partial charge in [0.2, 0.25) is 0 Å². The molecule has 0 fully saturated rings. The van der Waals surface area contributed by atoms with E-state index in [4.69, 9.17) is 5.73 Å². The Bertz CT molecular complexity index is 648. The molecule has 2 aromatic rings. The van der Waals surface area contributed by atoms with Gasteiger partial charge in [0, 0.05) is 11.3 Å². The molecule has 0 amide bonds. The molecule has 0 saturated carbocycles. The van der Waals surface area contributed by atoms with Crippen LogP contribution in [0.2, 0.25) is 0 Å². The Morgan fingerprint density at radius 3 is 2.32 bits per heavy atom. The molecular formula is C14H10F3NO. The molecule has 98 valence electrons. The Morgan fingerprint density at radius 1 is 1.00 bits per heavy atom. The standard InChI is InChI=1S/C14H10F3NO/c1-7-2-13(17)11(6-12(7)16)14(19)8-3-9(15)5-10(18)4-8/h2-6H,18H2,1H3. The van der Waals surface area contributed by atoms with Crippen LogP contribution in [0.4, 0.5) is 18.9 Å². The van der Waals surface area contributed by atoms with Gasteiger partial charge in [-0.3, -0.25) is 4.79 Å². The van der Waals surface area contributed by atoms with Gasteiger partial charge in [-0.15, -0.1) is 0 Å². The number of carbonyl (C=O) groups excluding carboxylic acids is 1. The molecule has 2 N–H and O–H groups in total. The molecule has 0 aliphatic rings. The zero-order chi connectivity index (χ0) is 14.2. The van der Waals surface area contributed by atoms with Crippen LogP contribution in [0.15, 0.2) is 30.3 Å². The maximum Gasteiger partial charge on any atom is 0.196 e. The molecule has 5 heteroatoms. The molecule has 2 rings (SSSR count). The van der Waals surface area contributed by atoms with Crippen molar-refractivity contribution in [1.82, 2.24) is 0 Å². The minimum absolute atomic E-state index is 0.0383. The largest absolute Gasteiger partial charge is 0.399 e. The molecule has 0 atom stereocenters. The third kappa shape index (κ3) is 2.59. The summed E-state index contributed by atoms with van der Waals surface area (Å²) in [6, 6.07) is 4.89. The van der Waals surface area contributed by atoms with E-state index in [9.17, 15) is 18.0 Å². The van der Waals surface area contributed by atoms with Gasteiger partial charge in [-0.25, -0.2) is 13.2 Å². The van der Waals surface area contributed by atoms with E-state index in [0.717, 1.165) is 24.3 Å². The van der Waals surface area contributed by atoms with Gasteiger partial charge in [-0.05, 0) is 42.8 Å². The molecule has 0 unspecified atom stereocenters. The van der Waals surface area contributed by atoms with Gasteiger partial charge >= 0.3 is 0 Å². The van der Waals surface area contributed by atoms with E-state index in [1.54, 1.807) is 0 Å². The van der Waals surface area contributed by atoms with E-state index in [-0.39, 0.29) is 16.8 Å². The highest BCUT2D eigenvalue weighted by molar-refractivity contribution is 6.09. The molecule has 2 nitrogen and oxygen atoms in total. The van der Waals surface area contributed by atoms with Crippen molar-refractivity contribution in [2.24, 2.45) is 0 Å².